The van der Waals surface area contributed by atoms with Crippen LogP contribution >= 0.6 is 0 Å². The van der Waals surface area contributed by atoms with Crippen molar-refractivity contribution < 1.29 is 19.0 Å². The van der Waals surface area contributed by atoms with E-state index >= 15 is 0 Å². The lowest BCUT2D eigenvalue weighted by molar-refractivity contribution is -0.145. The highest BCUT2D eigenvalue weighted by Gasteiger charge is 2.28. The highest BCUT2D eigenvalue weighted by Crippen LogP contribution is 2.25. The Balaban J connectivity index is 2.19. The van der Waals surface area contributed by atoms with Gasteiger partial charge in [-0.1, -0.05) is 0 Å². The van der Waals surface area contributed by atoms with Gasteiger partial charge in [-0.3, -0.25) is 4.79 Å². The van der Waals surface area contributed by atoms with Gasteiger partial charge in [-0.25, -0.2) is 0 Å². The molecule has 7 nitrogen and oxygen atoms in total. The number of esters is 1. The molecule has 1 fully saturated rings. The van der Waals surface area contributed by atoms with Crippen molar-refractivity contribution in [1.82, 2.24) is 9.97 Å². The van der Waals surface area contributed by atoms with Crippen molar-refractivity contribution in [2.75, 3.05) is 39.3 Å². The molecule has 1 unspecified atom stereocenters. The second-order valence-electron chi connectivity index (χ2n) is 4.56. The average Bonchev–Trinajstić information content (AvgIpc) is 2.53. The number of carbonyl (C=O) groups excluding carboxylic acids is 1. The summed E-state index contributed by atoms with van der Waals surface area (Å²) in [6.07, 6.45) is 1.72. The van der Waals surface area contributed by atoms with Gasteiger partial charge in [0.25, 0.3) is 0 Å². The molecule has 0 spiro atoms. The molecule has 20 heavy (non-hydrogen) atoms. The van der Waals surface area contributed by atoms with Crippen LogP contribution in [0.4, 0.5) is 5.95 Å². The summed E-state index contributed by atoms with van der Waals surface area (Å²) in [5.74, 6) is 1.05. The monoisotopic (exact) mass is 281 g/mol. The molecule has 0 N–H and O–H groups in total. The van der Waals surface area contributed by atoms with E-state index in [2.05, 4.69) is 9.97 Å². The first-order valence-corrected chi connectivity index (χ1v) is 6.47. The lowest BCUT2D eigenvalue weighted by Crippen LogP contribution is -2.40. The molecule has 2 rings (SSSR count). The second-order valence-corrected chi connectivity index (χ2v) is 4.56. The number of hydrogen-bond donors (Lipinski definition) is 0. The van der Waals surface area contributed by atoms with Gasteiger partial charge in [-0.05, 0) is 12.8 Å². The molecule has 1 aliphatic heterocycles. The molecule has 110 valence electrons. The largest absolute Gasteiger partial charge is 0.481 e. The van der Waals surface area contributed by atoms with Crippen LogP contribution in [0.1, 0.15) is 12.8 Å². The van der Waals surface area contributed by atoms with Crippen LogP contribution in [-0.2, 0) is 9.53 Å². The Labute approximate surface area is 117 Å². The number of methoxy groups -OCH3 is 3. The minimum absolute atomic E-state index is 0.144. The van der Waals surface area contributed by atoms with Gasteiger partial charge in [0.15, 0.2) is 0 Å². The number of piperidine rings is 1. The normalized spacial score (nSPS) is 18.6. The summed E-state index contributed by atoms with van der Waals surface area (Å²) < 4.78 is 15.1. The number of rotatable bonds is 4. The second kappa shape index (κ2) is 6.40. The smallest absolute Gasteiger partial charge is 0.310 e. The molecule has 7 heteroatoms. The molecule has 1 atom stereocenters. The van der Waals surface area contributed by atoms with Gasteiger partial charge in [0.05, 0.1) is 33.3 Å². The van der Waals surface area contributed by atoms with Crippen molar-refractivity contribution in [3.05, 3.63) is 6.07 Å². The molecule has 1 aromatic heterocycles. The fraction of sp³-hybridized carbons (Fsp3) is 0.615. The van der Waals surface area contributed by atoms with Crippen molar-refractivity contribution in [2.45, 2.75) is 12.8 Å². The predicted molar refractivity (Wildman–Crippen MR) is 72.1 cm³/mol. The van der Waals surface area contributed by atoms with Crippen molar-refractivity contribution in [2.24, 2.45) is 5.92 Å². The zero-order valence-corrected chi connectivity index (χ0v) is 12.0. The first-order valence-electron chi connectivity index (χ1n) is 6.47. The highest BCUT2D eigenvalue weighted by molar-refractivity contribution is 5.73. The Kier molecular flexibility index (Phi) is 4.60. The van der Waals surface area contributed by atoms with Crippen molar-refractivity contribution >= 4 is 11.9 Å². The molecule has 1 aromatic rings. The van der Waals surface area contributed by atoms with E-state index < -0.39 is 0 Å². The van der Waals surface area contributed by atoms with E-state index in [0.29, 0.717) is 24.3 Å². The number of anilines is 1. The maximum Gasteiger partial charge on any atom is 0.310 e. The van der Waals surface area contributed by atoms with Gasteiger partial charge in [-0.2, -0.15) is 9.97 Å². The highest BCUT2D eigenvalue weighted by atomic mass is 16.5. The Morgan fingerprint density at radius 3 is 2.45 bits per heavy atom. The summed E-state index contributed by atoms with van der Waals surface area (Å²) in [5, 5.41) is 0. The van der Waals surface area contributed by atoms with Crippen molar-refractivity contribution in [3.8, 4) is 11.8 Å². The fourth-order valence-electron chi connectivity index (χ4n) is 2.26. The molecule has 1 saturated heterocycles. The van der Waals surface area contributed by atoms with E-state index in [1.807, 2.05) is 4.90 Å². The third kappa shape index (κ3) is 3.09. The Morgan fingerprint density at radius 1 is 1.25 bits per heavy atom. The van der Waals surface area contributed by atoms with Gasteiger partial charge in [0.1, 0.15) is 0 Å². The van der Waals surface area contributed by atoms with E-state index in [1.54, 1.807) is 20.3 Å². The van der Waals surface area contributed by atoms with E-state index in [4.69, 9.17) is 14.2 Å². The van der Waals surface area contributed by atoms with Crippen LogP contribution in [0.5, 0.6) is 11.8 Å². The number of carbonyl (C=O) groups is 1. The molecular weight excluding hydrogens is 262 g/mol. The average molecular weight is 281 g/mol. The summed E-state index contributed by atoms with van der Waals surface area (Å²) >= 11 is 0. The standard InChI is InChI=1S/C13H19N3O4/c1-18-10-7-11(19-2)15-13(14-10)16-6-4-5-9(8-16)12(17)20-3/h7,9H,4-6,8H2,1-3H3. The van der Waals surface area contributed by atoms with E-state index in [-0.39, 0.29) is 11.9 Å². The molecule has 0 bridgehead atoms. The minimum atomic E-state index is -0.190. The SMILES string of the molecule is COC(=O)C1CCCN(c2nc(OC)cc(OC)n2)C1. The van der Waals surface area contributed by atoms with Crippen LogP contribution in [0, 0.1) is 5.92 Å². The van der Waals surface area contributed by atoms with Gasteiger partial charge in [-0.15, -0.1) is 0 Å². The molecule has 0 amide bonds. The predicted octanol–water partition coefficient (Wildman–Crippen LogP) is 0.883. The molecule has 0 aliphatic carbocycles. The number of hydrogen-bond acceptors (Lipinski definition) is 7. The first-order chi connectivity index (χ1) is 9.67. The molecular formula is C13H19N3O4. The molecule has 2 heterocycles. The third-order valence-electron chi connectivity index (χ3n) is 3.32. The maximum atomic E-state index is 11.7. The van der Waals surface area contributed by atoms with Gasteiger partial charge >= 0.3 is 5.97 Å². The van der Waals surface area contributed by atoms with E-state index in [9.17, 15) is 4.79 Å². The third-order valence-corrected chi connectivity index (χ3v) is 3.32. The summed E-state index contributed by atoms with van der Waals surface area (Å²) in [6, 6.07) is 1.62. The summed E-state index contributed by atoms with van der Waals surface area (Å²) in [6.45, 7) is 1.34. The zero-order chi connectivity index (χ0) is 14.5. The minimum Gasteiger partial charge on any atom is -0.481 e. The summed E-state index contributed by atoms with van der Waals surface area (Å²) in [4.78, 5) is 22.2. The van der Waals surface area contributed by atoms with Crippen LogP contribution in [-0.4, -0.2) is 50.4 Å². The molecule has 0 radical (unpaired) electrons. The fourth-order valence-corrected chi connectivity index (χ4v) is 2.26. The van der Waals surface area contributed by atoms with Crippen LogP contribution in [0.2, 0.25) is 0 Å². The molecule has 0 aromatic carbocycles. The van der Waals surface area contributed by atoms with Crippen LogP contribution < -0.4 is 14.4 Å². The Bertz CT molecular complexity index is 458. The Morgan fingerprint density at radius 2 is 1.90 bits per heavy atom. The first kappa shape index (κ1) is 14.4. The Hall–Kier alpha value is -2.05. The topological polar surface area (TPSA) is 73.8 Å². The van der Waals surface area contributed by atoms with Crippen LogP contribution in [0.3, 0.4) is 0 Å². The van der Waals surface area contributed by atoms with E-state index in [1.165, 1.54) is 7.11 Å². The zero-order valence-electron chi connectivity index (χ0n) is 12.0. The number of ether oxygens (including phenoxy) is 3. The van der Waals surface area contributed by atoms with Gasteiger partial charge in [0.2, 0.25) is 17.7 Å². The van der Waals surface area contributed by atoms with E-state index in [0.717, 1.165) is 19.4 Å². The van der Waals surface area contributed by atoms with Crippen LogP contribution in [0.25, 0.3) is 0 Å². The molecule has 0 saturated carbocycles. The van der Waals surface area contributed by atoms with Crippen LogP contribution in [0.15, 0.2) is 6.07 Å². The van der Waals surface area contributed by atoms with Crippen molar-refractivity contribution in [3.63, 3.8) is 0 Å². The number of aromatic nitrogens is 2. The lowest BCUT2D eigenvalue weighted by atomic mass is 9.98. The lowest BCUT2D eigenvalue weighted by Gasteiger charge is -2.31. The quantitative estimate of drug-likeness (QED) is 0.758. The van der Waals surface area contributed by atoms with Crippen molar-refractivity contribution in [1.29, 1.82) is 0 Å². The van der Waals surface area contributed by atoms with Gasteiger partial charge in [0, 0.05) is 13.1 Å². The van der Waals surface area contributed by atoms with Gasteiger partial charge < -0.3 is 19.1 Å². The number of nitrogens with zero attached hydrogens (tertiary/aromatic N) is 3. The maximum absolute atomic E-state index is 11.7. The molecule has 1 aliphatic rings. The summed E-state index contributed by atoms with van der Waals surface area (Å²) in [5.41, 5.74) is 0. The summed E-state index contributed by atoms with van der Waals surface area (Å²) in [7, 11) is 4.49.